The van der Waals surface area contributed by atoms with Crippen LogP contribution in [0.1, 0.15) is 19.3 Å². The van der Waals surface area contributed by atoms with Gasteiger partial charge in [-0.05, 0) is 42.6 Å². The number of aromatic nitrogens is 2. The van der Waals surface area contributed by atoms with Crippen LogP contribution in [-0.4, -0.2) is 28.3 Å². The number of phenols is 1. The first-order valence-electron chi connectivity index (χ1n) is 6.31. The Bertz CT molecular complexity index is 579. The van der Waals surface area contributed by atoms with Crippen molar-refractivity contribution in [3.8, 4) is 17.2 Å². The zero-order chi connectivity index (χ0) is 13.2. The summed E-state index contributed by atoms with van der Waals surface area (Å²) >= 11 is 0. The van der Waals surface area contributed by atoms with Crippen molar-refractivity contribution in [2.24, 2.45) is 0 Å². The first-order chi connectivity index (χ1) is 9.24. The normalized spacial score (nSPS) is 15.7. The number of hydrogen-bond acceptors (Lipinski definition) is 5. The van der Waals surface area contributed by atoms with E-state index < -0.39 is 5.82 Å². The van der Waals surface area contributed by atoms with Gasteiger partial charge in [-0.1, -0.05) is 0 Å². The molecule has 2 aromatic rings. The standard InChI is InChI=1S/C13H14FN3O2/c14-9-4-5-11(18)10(8-9)12-15-13(16-19-12)17-6-2-1-3-7-17/h4-5,8,18H,1-3,6-7H2. The van der Waals surface area contributed by atoms with Crippen LogP contribution in [0.4, 0.5) is 10.3 Å². The van der Waals surface area contributed by atoms with Gasteiger partial charge in [-0.15, -0.1) is 0 Å². The monoisotopic (exact) mass is 263 g/mol. The molecule has 1 saturated heterocycles. The van der Waals surface area contributed by atoms with E-state index >= 15 is 0 Å². The van der Waals surface area contributed by atoms with E-state index in [-0.39, 0.29) is 17.2 Å². The lowest BCUT2D eigenvalue weighted by Gasteiger charge is -2.24. The Morgan fingerprint density at radius 2 is 2.00 bits per heavy atom. The summed E-state index contributed by atoms with van der Waals surface area (Å²) in [4.78, 5) is 6.26. The molecule has 2 heterocycles. The third-order valence-electron chi connectivity index (χ3n) is 3.24. The van der Waals surface area contributed by atoms with Gasteiger partial charge in [0.15, 0.2) is 0 Å². The minimum Gasteiger partial charge on any atom is -0.507 e. The minimum atomic E-state index is -0.453. The molecule has 0 radical (unpaired) electrons. The molecule has 0 amide bonds. The number of rotatable bonds is 2. The van der Waals surface area contributed by atoms with Gasteiger partial charge in [-0.25, -0.2) is 4.39 Å². The second-order valence-corrected chi connectivity index (χ2v) is 4.61. The third kappa shape index (κ3) is 2.38. The van der Waals surface area contributed by atoms with Gasteiger partial charge in [0.2, 0.25) is 0 Å². The SMILES string of the molecule is Oc1ccc(F)cc1-c1nc(N2CCCCC2)no1. The second-order valence-electron chi connectivity index (χ2n) is 4.61. The smallest absolute Gasteiger partial charge is 0.266 e. The molecule has 1 N–H and O–H groups in total. The highest BCUT2D eigenvalue weighted by atomic mass is 19.1. The van der Waals surface area contributed by atoms with Crippen LogP contribution in [0.5, 0.6) is 5.75 Å². The Morgan fingerprint density at radius 1 is 1.21 bits per heavy atom. The van der Waals surface area contributed by atoms with Gasteiger partial charge in [0, 0.05) is 13.1 Å². The summed E-state index contributed by atoms with van der Waals surface area (Å²) in [5, 5.41) is 13.6. The lowest BCUT2D eigenvalue weighted by molar-refractivity contribution is 0.420. The number of nitrogens with zero attached hydrogens (tertiary/aromatic N) is 3. The van der Waals surface area contributed by atoms with Crippen molar-refractivity contribution >= 4 is 5.95 Å². The van der Waals surface area contributed by atoms with Gasteiger partial charge >= 0.3 is 0 Å². The highest BCUT2D eigenvalue weighted by Crippen LogP contribution is 2.30. The van der Waals surface area contributed by atoms with E-state index in [1.165, 1.54) is 24.6 Å². The fraction of sp³-hybridized carbons (Fsp3) is 0.385. The molecular weight excluding hydrogens is 249 g/mol. The van der Waals surface area contributed by atoms with Crippen LogP contribution in [-0.2, 0) is 0 Å². The fourth-order valence-corrected chi connectivity index (χ4v) is 2.23. The Kier molecular flexibility index (Phi) is 3.06. The van der Waals surface area contributed by atoms with E-state index in [0.29, 0.717) is 5.95 Å². The molecule has 0 atom stereocenters. The molecule has 0 spiro atoms. The first kappa shape index (κ1) is 12.0. The fourth-order valence-electron chi connectivity index (χ4n) is 2.23. The van der Waals surface area contributed by atoms with Gasteiger partial charge < -0.3 is 14.5 Å². The summed E-state index contributed by atoms with van der Waals surface area (Å²) in [5.41, 5.74) is 0.218. The van der Waals surface area contributed by atoms with E-state index in [1.807, 2.05) is 4.90 Å². The number of hydrogen-bond donors (Lipinski definition) is 1. The quantitative estimate of drug-likeness (QED) is 0.902. The largest absolute Gasteiger partial charge is 0.507 e. The zero-order valence-electron chi connectivity index (χ0n) is 10.3. The summed E-state index contributed by atoms with van der Waals surface area (Å²) in [7, 11) is 0. The molecule has 0 saturated carbocycles. The molecule has 100 valence electrons. The van der Waals surface area contributed by atoms with Crippen molar-refractivity contribution in [1.82, 2.24) is 10.1 Å². The number of aromatic hydroxyl groups is 1. The first-order valence-corrected chi connectivity index (χ1v) is 6.31. The zero-order valence-corrected chi connectivity index (χ0v) is 10.3. The average Bonchev–Trinajstić information content (AvgIpc) is 2.92. The van der Waals surface area contributed by atoms with Crippen molar-refractivity contribution in [3.05, 3.63) is 24.0 Å². The molecular formula is C13H14FN3O2. The maximum atomic E-state index is 13.2. The number of piperidine rings is 1. The van der Waals surface area contributed by atoms with E-state index in [2.05, 4.69) is 10.1 Å². The minimum absolute atomic E-state index is 0.0738. The summed E-state index contributed by atoms with van der Waals surface area (Å²) in [6.45, 7) is 1.79. The van der Waals surface area contributed by atoms with Gasteiger partial charge in [-0.3, -0.25) is 0 Å². The Hall–Kier alpha value is -2.11. The molecule has 19 heavy (non-hydrogen) atoms. The predicted molar refractivity (Wildman–Crippen MR) is 67.4 cm³/mol. The number of halogens is 1. The number of phenolic OH excluding ortho intramolecular Hbond substituents is 1. The molecule has 0 aliphatic carbocycles. The highest BCUT2D eigenvalue weighted by molar-refractivity contribution is 5.62. The van der Waals surface area contributed by atoms with E-state index in [9.17, 15) is 9.50 Å². The van der Waals surface area contributed by atoms with Gasteiger partial charge in [0.05, 0.1) is 5.56 Å². The van der Waals surface area contributed by atoms with Crippen LogP contribution >= 0.6 is 0 Å². The Balaban J connectivity index is 1.89. The van der Waals surface area contributed by atoms with Crippen molar-refractivity contribution < 1.29 is 14.0 Å². The van der Waals surface area contributed by atoms with Crippen LogP contribution in [0.25, 0.3) is 11.5 Å². The number of anilines is 1. The molecule has 1 aromatic heterocycles. The van der Waals surface area contributed by atoms with Crippen molar-refractivity contribution in [1.29, 1.82) is 0 Å². The molecule has 5 nitrogen and oxygen atoms in total. The predicted octanol–water partition coefficient (Wildman–Crippen LogP) is 2.57. The molecule has 0 unspecified atom stereocenters. The molecule has 1 aliphatic rings. The van der Waals surface area contributed by atoms with E-state index in [0.717, 1.165) is 25.9 Å². The lowest BCUT2D eigenvalue weighted by Crippen LogP contribution is -2.30. The number of benzene rings is 1. The maximum absolute atomic E-state index is 13.2. The summed E-state index contributed by atoms with van der Waals surface area (Å²) in [5.74, 6) is 0.108. The second kappa shape index (κ2) is 4.87. The van der Waals surface area contributed by atoms with E-state index in [1.54, 1.807) is 0 Å². The van der Waals surface area contributed by atoms with Crippen molar-refractivity contribution in [3.63, 3.8) is 0 Å². The van der Waals surface area contributed by atoms with Crippen LogP contribution < -0.4 is 4.90 Å². The van der Waals surface area contributed by atoms with E-state index in [4.69, 9.17) is 4.52 Å². The molecule has 6 heteroatoms. The van der Waals surface area contributed by atoms with Crippen molar-refractivity contribution in [2.45, 2.75) is 19.3 Å². The van der Waals surface area contributed by atoms with Crippen LogP contribution in [0.15, 0.2) is 22.7 Å². The van der Waals surface area contributed by atoms with Crippen molar-refractivity contribution in [2.75, 3.05) is 18.0 Å². The average molecular weight is 263 g/mol. The third-order valence-corrected chi connectivity index (χ3v) is 3.24. The Labute approximate surface area is 109 Å². The van der Waals surface area contributed by atoms with Gasteiger partial charge in [0.25, 0.3) is 11.8 Å². The summed E-state index contributed by atoms with van der Waals surface area (Å²) in [6.07, 6.45) is 3.43. The topological polar surface area (TPSA) is 62.4 Å². The maximum Gasteiger partial charge on any atom is 0.266 e. The highest BCUT2D eigenvalue weighted by Gasteiger charge is 2.19. The van der Waals surface area contributed by atoms with Gasteiger partial charge in [-0.2, -0.15) is 4.98 Å². The van der Waals surface area contributed by atoms with Crippen LogP contribution in [0.2, 0.25) is 0 Å². The molecule has 1 fully saturated rings. The van der Waals surface area contributed by atoms with Crippen LogP contribution in [0.3, 0.4) is 0 Å². The molecule has 1 aliphatic heterocycles. The molecule has 3 rings (SSSR count). The summed E-state index contributed by atoms with van der Waals surface area (Å²) < 4.78 is 18.3. The Morgan fingerprint density at radius 3 is 2.79 bits per heavy atom. The summed E-state index contributed by atoms with van der Waals surface area (Å²) in [6, 6.07) is 3.64. The molecule has 0 bridgehead atoms. The lowest BCUT2D eigenvalue weighted by atomic mass is 10.1. The molecule has 1 aromatic carbocycles. The van der Waals surface area contributed by atoms with Crippen LogP contribution in [0, 0.1) is 5.82 Å². The van der Waals surface area contributed by atoms with Gasteiger partial charge in [0.1, 0.15) is 11.6 Å².